The molecule has 0 bridgehead atoms. The molecule has 1 amide bonds. The Balaban J connectivity index is 3.36. The Morgan fingerprint density at radius 3 is 0.802 bits per heavy atom. The first-order valence-corrected chi connectivity index (χ1v) is 44.2. The average Bonchev–Trinajstić information content (AvgIpc) is 2.81. The lowest BCUT2D eigenvalue weighted by atomic mass is 10.0. The van der Waals surface area contributed by atoms with Crippen LogP contribution in [0.2, 0.25) is 0 Å². The SMILES string of the molecule is CCCCCCCC/C=C\CCCCCCCCCC(=O)OCCCCCCCCCCCCCCC/C=C\C/C=C\CCCCCCCCCCCCCCCCCCCC(=O)NC(CO)C(O)CCCCCCCCCCCCCCCCCCCCCCCCCCC. The van der Waals surface area contributed by atoms with Gasteiger partial charge in [-0.15, -0.1) is 0 Å². The highest BCUT2D eigenvalue weighted by Gasteiger charge is 2.20. The second-order valence-corrected chi connectivity index (χ2v) is 30.6. The molecule has 0 spiro atoms. The number of nitrogens with one attached hydrogen (secondary N) is 1. The maximum Gasteiger partial charge on any atom is 0.305 e. The third-order valence-electron chi connectivity index (χ3n) is 20.9. The molecule has 2 atom stereocenters. The van der Waals surface area contributed by atoms with E-state index in [0.29, 0.717) is 25.9 Å². The second-order valence-electron chi connectivity index (χ2n) is 30.6. The molecule has 96 heavy (non-hydrogen) atoms. The molecule has 6 nitrogen and oxygen atoms in total. The normalized spacial score (nSPS) is 12.6. The van der Waals surface area contributed by atoms with E-state index in [1.165, 1.54) is 417 Å². The largest absolute Gasteiger partial charge is 0.466 e. The van der Waals surface area contributed by atoms with Gasteiger partial charge in [-0.2, -0.15) is 0 Å². The predicted octanol–water partition coefficient (Wildman–Crippen LogP) is 29.7. The number of unbranched alkanes of at least 4 members (excludes halogenated alkanes) is 67. The Morgan fingerprint density at radius 2 is 0.521 bits per heavy atom. The monoisotopic (exact) mass is 1350 g/mol. The molecule has 0 aliphatic carbocycles. The van der Waals surface area contributed by atoms with Gasteiger partial charge in [0.15, 0.2) is 0 Å². The Morgan fingerprint density at radius 1 is 0.292 bits per heavy atom. The lowest BCUT2D eigenvalue weighted by molar-refractivity contribution is -0.143. The van der Waals surface area contributed by atoms with Crippen molar-refractivity contribution in [1.82, 2.24) is 5.32 Å². The molecule has 0 aromatic heterocycles. The van der Waals surface area contributed by atoms with Crippen LogP contribution in [0, 0.1) is 0 Å². The van der Waals surface area contributed by atoms with E-state index in [1.54, 1.807) is 0 Å². The standard InChI is InChI=1S/C90H173NO5/c1-3-5-7-9-11-13-15-17-19-21-22-23-24-38-41-44-47-51-54-58-62-66-70-74-78-82-88(93)87(86-92)91-89(94)83-79-75-71-67-63-59-55-52-48-45-42-39-36-34-32-30-28-26-25-27-29-31-33-35-37-40-43-46-49-53-57-61-65-69-73-77-81-85-96-90(95)84-80-76-72-68-64-60-56-50-20-18-16-14-12-10-8-6-4-2/h18,20,25,27,31,33,87-88,92-93H,3-17,19,21-24,26,28-30,32,34-86H2,1-2H3,(H,91,94)/b20-18-,27-25-,33-31-. The van der Waals surface area contributed by atoms with Crippen LogP contribution in [0.4, 0.5) is 0 Å². The Labute approximate surface area is 602 Å². The molecule has 3 N–H and O–H groups in total. The van der Waals surface area contributed by atoms with Gasteiger partial charge >= 0.3 is 5.97 Å². The van der Waals surface area contributed by atoms with Crippen molar-refractivity contribution >= 4 is 11.9 Å². The zero-order valence-electron chi connectivity index (χ0n) is 65.4. The fourth-order valence-corrected chi connectivity index (χ4v) is 14.2. The summed E-state index contributed by atoms with van der Waals surface area (Å²) >= 11 is 0. The van der Waals surface area contributed by atoms with Gasteiger partial charge in [-0.3, -0.25) is 9.59 Å². The first kappa shape index (κ1) is 94.1. The summed E-state index contributed by atoms with van der Waals surface area (Å²) in [6.07, 6.45) is 113. The summed E-state index contributed by atoms with van der Waals surface area (Å²) in [5, 5.41) is 23.5. The van der Waals surface area contributed by atoms with Crippen molar-refractivity contribution in [3.63, 3.8) is 0 Å². The first-order chi connectivity index (χ1) is 47.5. The van der Waals surface area contributed by atoms with Gasteiger partial charge in [-0.25, -0.2) is 0 Å². The summed E-state index contributed by atoms with van der Waals surface area (Å²) in [4.78, 5) is 24.7. The third kappa shape index (κ3) is 81.0. The van der Waals surface area contributed by atoms with E-state index in [4.69, 9.17) is 4.74 Å². The van der Waals surface area contributed by atoms with E-state index in [1.807, 2.05) is 0 Å². The molecule has 0 heterocycles. The van der Waals surface area contributed by atoms with Gasteiger partial charge in [0.1, 0.15) is 0 Å². The topological polar surface area (TPSA) is 95.9 Å². The number of hydrogen-bond acceptors (Lipinski definition) is 5. The number of rotatable bonds is 84. The summed E-state index contributed by atoms with van der Waals surface area (Å²) in [5.41, 5.74) is 0. The van der Waals surface area contributed by atoms with E-state index in [-0.39, 0.29) is 18.5 Å². The number of carbonyl (C=O) groups excluding carboxylic acids is 2. The molecule has 0 saturated carbocycles. The van der Waals surface area contributed by atoms with Crippen molar-refractivity contribution in [2.75, 3.05) is 13.2 Å². The van der Waals surface area contributed by atoms with Crippen LogP contribution >= 0.6 is 0 Å². The van der Waals surface area contributed by atoms with Crippen LogP contribution < -0.4 is 5.32 Å². The zero-order valence-corrected chi connectivity index (χ0v) is 65.4. The van der Waals surface area contributed by atoms with E-state index in [0.717, 1.165) is 51.4 Å². The minimum Gasteiger partial charge on any atom is -0.466 e. The van der Waals surface area contributed by atoms with Crippen LogP contribution in [0.25, 0.3) is 0 Å². The Bertz CT molecular complexity index is 1560. The highest BCUT2D eigenvalue weighted by Crippen LogP contribution is 2.21. The molecular formula is C90H173NO5. The predicted molar refractivity (Wildman–Crippen MR) is 426 cm³/mol. The van der Waals surface area contributed by atoms with Crippen LogP contribution in [-0.4, -0.2) is 47.4 Å². The van der Waals surface area contributed by atoms with Gasteiger partial charge in [-0.1, -0.05) is 442 Å². The van der Waals surface area contributed by atoms with Gasteiger partial charge in [0.05, 0.1) is 25.4 Å². The van der Waals surface area contributed by atoms with Crippen molar-refractivity contribution in [2.45, 2.75) is 514 Å². The maximum atomic E-state index is 12.6. The summed E-state index contributed by atoms with van der Waals surface area (Å²) in [6, 6.07) is -0.541. The van der Waals surface area contributed by atoms with Crippen LogP contribution in [-0.2, 0) is 14.3 Å². The molecule has 2 unspecified atom stereocenters. The summed E-state index contributed by atoms with van der Waals surface area (Å²) < 4.78 is 5.51. The van der Waals surface area contributed by atoms with Crippen LogP contribution in [0.3, 0.4) is 0 Å². The van der Waals surface area contributed by atoms with E-state index >= 15 is 0 Å². The number of hydrogen-bond donors (Lipinski definition) is 3. The van der Waals surface area contributed by atoms with E-state index < -0.39 is 12.1 Å². The average molecular weight is 1350 g/mol. The van der Waals surface area contributed by atoms with Gasteiger partial charge in [0.2, 0.25) is 5.91 Å². The highest BCUT2D eigenvalue weighted by atomic mass is 16.5. The maximum absolute atomic E-state index is 12.6. The fraction of sp³-hybridized carbons (Fsp3) is 0.911. The van der Waals surface area contributed by atoms with Gasteiger partial charge < -0.3 is 20.3 Å². The summed E-state index contributed by atoms with van der Waals surface area (Å²) in [5.74, 6) is -0.00955. The first-order valence-electron chi connectivity index (χ1n) is 44.2. The van der Waals surface area contributed by atoms with Crippen molar-refractivity contribution in [3.05, 3.63) is 36.5 Å². The number of amides is 1. The minimum atomic E-state index is -0.664. The Kier molecular flexibility index (Phi) is 83.8. The number of aliphatic hydroxyl groups is 2. The quantitative estimate of drug-likeness (QED) is 0.0320. The molecule has 6 heteroatoms. The summed E-state index contributed by atoms with van der Waals surface area (Å²) in [6.45, 7) is 5.01. The van der Waals surface area contributed by atoms with Gasteiger partial charge in [-0.05, 0) is 83.5 Å². The number of carbonyl (C=O) groups is 2. The fourth-order valence-electron chi connectivity index (χ4n) is 14.2. The van der Waals surface area contributed by atoms with Gasteiger partial charge in [0.25, 0.3) is 0 Å². The molecule has 0 aromatic carbocycles. The lowest BCUT2D eigenvalue weighted by Crippen LogP contribution is -2.45. The number of ether oxygens (including phenoxy) is 1. The number of aliphatic hydroxyl groups excluding tert-OH is 2. The molecule has 0 saturated heterocycles. The van der Waals surface area contributed by atoms with Crippen molar-refractivity contribution < 1.29 is 24.5 Å². The molecule has 568 valence electrons. The minimum absolute atomic E-state index is 0.0165. The van der Waals surface area contributed by atoms with Crippen LogP contribution in [0.15, 0.2) is 36.5 Å². The smallest absolute Gasteiger partial charge is 0.305 e. The molecular weight excluding hydrogens is 1170 g/mol. The van der Waals surface area contributed by atoms with Crippen LogP contribution in [0.5, 0.6) is 0 Å². The van der Waals surface area contributed by atoms with Gasteiger partial charge in [0, 0.05) is 12.8 Å². The molecule has 0 aromatic rings. The third-order valence-corrected chi connectivity index (χ3v) is 20.9. The van der Waals surface area contributed by atoms with Crippen molar-refractivity contribution in [1.29, 1.82) is 0 Å². The number of esters is 1. The van der Waals surface area contributed by atoms with Crippen molar-refractivity contribution in [3.8, 4) is 0 Å². The van der Waals surface area contributed by atoms with E-state index in [2.05, 4.69) is 55.6 Å². The van der Waals surface area contributed by atoms with Crippen LogP contribution in [0.1, 0.15) is 502 Å². The number of allylic oxidation sites excluding steroid dienone is 6. The molecule has 0 aliphatic rings. The Hall–Kier alpha value is -1.92. The lowest BCUT2D eigenvalue weighted by Gasteiger charge is -2.22. The molecule has 0 radical (unpaired) electrons. The zero-order chi connectivity index (χ0) is 69.1. The molecule has 0 aliphatic heterocycles. The van der Waals surface area contributed by atoms with E-state index in [9.17, 15) is 19.8 Å². The highest BCUT2D eigenvalue weighted by molar-refractivity contribution is 5.76. The summed E-state index contributed by atoms with van der Waals surface area (Å²) in [7, 11) is 0. The molecule has 0 rings (SSSR count). The second kappa shape index (κ2) is 85.5. The van der Waals surface area contributed by atoms with Crippen molar-refractivity contribution in [2.24, 2.45) is 0 Å². The molecule has 0 fully saturated rings.